The monoisotopic (exact) mass is 268 g/mol. The smallest absolute Gasteiger partial charge is 0.337 e. The Hall–Kier alpha value is -2.82. The maximum atomic E-state index is 11.5. The fourth-order valence-electron chi connectivity index (χ4n) is 1.97. The Kier molecular flexibility index (Phi) is 2.87. The molecule has 0 unspecified atom stereocenters. The number of nitrogens with two attached hydrogens (primary N) is 1. The molecule has 2 N–H and O–H groups in total. The predicted octanol–water partition coefficient (Wildman–Crippen LogP) is 2.86. The van der Waals surface area contributed by atoms with Crippen molar-refractivity contribution in [3.8, 4) is 11.5 Å². The number of hydrogen-bond acceptors (Lipinski definition) is 5. The predicted molar refractivity (Wildman–Crippen MR) is 75.2 cm³/mol. The van der Waals surface area contributed by atoms with Crippen LogP contribution in [0.1, 0.15) is 10.4 Å². The lowest BCUT2D eigenvalue weighted by molar-refractivity contribution is 0.0601. The largest absolute Gasteiger partial charge is 0.465 e. The molecule has 0 aliphatic heterocycles. The minimum Gasteiger partial charge on any atom is -0.465 e. The molecule has 0 fully saturated rings. The highest BCUT2D eigenvalue weighted by Crippen LogP contribution is 2.26. The summed E-state index contributed by atoms with van der Waals surface area (Å²) in [4.78, 5) is 15.9. The van der Waals surface area contributed by atoms with E-state index in [1.165, 1.54) is 7.11 Å². The van der Waals surface area contributed by atoms with Gasteiger partial charge in [0, 0.05) is 11.3 Å². The van der Waals surface area contributed by atoms with E-state index in [1.807, 2.05) is 12.1 Å². The van der Waals surface area contributed by atoms with E-state index in [0.717, 1.165) is 5.56 Å². The van der Waals surface area contributed by atoms with E-state index >= 15 is 0 Å². The molecule has 5 nitrogen and oxygen atoms in total. The average molecular weight is 268 g/mol. The van der Waals surface area contributed by atoms with Gasteiger partial charge >= 0.3 is 5.97 Å². The quantitative estimate of drug-likeness (QED) is 0.571. The zero-order valence-corrected chi connectivity index (χ0v) is 10.8. The van der Waals surface area contributed by atoms with Gasteiger partial charge in [0.15, 0.2) is 5.58 Å². The number of nitrogens with zero attached hydrogens (tertiary/aromatic N) is 1. The first-order valence-electron chi connectivity index (χ1n) is 6.02. The van der Waals surface area contributed by atoms with Crippen molar-refractivity contribution in [2.75, 3.05) is 12.8 Å². The van der Waals surface area contributed by atoms with Crippen LogP contribution in [0.2, 0.25) is 0 Å². The van der Waals surface area contributed by atoms with Gasteiger partial charge in [0.05, 0.1) is 12.7 Å². The molecule has 3 aromatic rings. The van der Waals surface area contributed by atoms with E-state index in [9.17, 15) is 4.79 Å². The van der Waals surface area contributed by atoms with Gasteiger partial charge in [0.2, 0.25) is 5.89 Å². The maximum Gasteiger partial charge on any atom is 0.337 e. The Balaban J connectivity index is 2.09. The Bertz CT molecular complexity index is 793. The number of anilines is 1. The van der Waals surface area contributed by atoms with Gasteiger partial charge < -0.3 is 14.9 Å². The summed E-state index contributed by atoms with van der Waals surface area (Å²) in [6.07, 6.45) is 0. The van der Waals surface area contributed by atoms with Crippen molar-refractivity contribution in [1.82, 2.24) is 4.98 Å². The molecule has 0 aliphatic carbocycles. The third-order valence-electron chi connectivity index (χ3n) is 2.94. The molecule has 5 heteroatoms. The second-order valence-electron chi connectivity index (χ2n) is 4.32. The van der Waals surface area contributed by atoms with Crippen LogP contribution < -0.4 is 5.73 Å². The first kappa shape index (κ1) is 12.2. The number of ether oxygens (including phenoxy) is 1. The number of methoxy groups -OCH3 is 1. The first-order valence-corrected chi connectivity index (χ1v) is 6.02. The Morgan fingerprint density at radius 1 is 1.25 bits per heavy atom. The normalized spacial score (nSPS) is 10.7. The topological polar surface area (TPSA) is 78.3 Å². The maximum absolute atomic E-state index is 11.5. The van der Waals surface area contributed by atoms with Gasteiger partial charge in [-0.3, -0.25) is 0 Å². The lowest BCUT2D eigenvalue weighted by Gasteiger charge is -1.96. The highest BCUT2D eigenvalue weighted by Gasteiger charge is 2.12. The summed E-state index contributed by atoms with van der Waals surface area (Å²) in [5.41, 5.74) is 8.82. The van der Waals surface area contributed by atoms with Crippen LogP contribution in [0.25, 0.3) is 22.6 Å². The van der Waals surface area contributed by atoms with Crippen LogP contribution in [0.4, 0.5) is 5.69 Å². The summed E-state index contributed by atoms with van der Waals surface area (Å²) in [5.74, 6) is 0.0646. The molecular weight excluding hydrogens is 256 g/mol. The lowest BCUT2D eigenvalue weighted by atomic mass is 10.2. The van der Waals surface area contributed by atoms with Crippen molar-refractivity contribution in [3.05, 3.63) is 48.0 Å². The number of hydrogen-bond donors (Lipinski definition) is 1. The Morgan fingerprint density at radius 2 is 2.10 bits per heavy atom. The number of fused-ring (bicyclic) bond motifs is 1. The van der Waals surface area contributed by atoms with Crippen molar-refractivity contribution in [1.29, 1.82) is 0 Å². The number of benzene rings is 2. The summed E-state index contributed by atoms with van der Waals surface area (Å²) in [6, 6.07) is 12.3. The molecule has 1 heterocycles. The van der Waals surface area contributed by atoms with Gasteiger partial charge in [-0.2, -0.15) is 0 Å². The molecule has 2 aromatic carbocycles. The molecule has 0 saturated carbocycles. The molecule has 0 bridgehead atoms. The van der Waals surface area contributed by atoms with E-state index in [1.54, 1.807) is 30.3 Å². The van der Waals surface area contributed by atoms with E-state index in [2.05, 4.69) is 9.72 Å². The number of rotatable bonds is 2. The molecule has 3 rings (SSSR count). The van der Waals surface area contributed by atoms with Crippen LogP contribution in [-0.4, -0.2) is 18.1 Å². The van der Waals surface area contributed by atoms with E-state index in [0.29, 0.717) is 28.2 Å². The zero-order valence-electron chi connectivity index (χ0n) is 10.8. The molecule has 0 aliphatic rings. The molecule has 100 valence electrons. The SMILES string of the molecule is COC(=O)c1ccc2oc(-c3cccc(N)c3)nc2c1. The average Bonchev–Trinajstić information content (AvgIpc) is 2.89. The first-order chi connectivity index (χ1) is 9.67. The fourth-order valence-corrected chi connectivity index (χ4v) is 1.97. The van der Waals surface area contributed by atoms with Crippen molar-refractivity contribution in [2.24, 2.45) is 0 Å². The second-order valence-corrected chi connectivity index (χ2v) is 4.32. The van der Waals surface area contributed by atoms with Gasteiger partial charge in [-0.1, -0.05) is 6.07 Å². The molecule has 0 amide bonds. The van der Waals surface area contributed by atoms with Crippen molar-refractivity contribution < 1.29 is 13.9 Å². The summed E-state index contributed by atoms with van der Waals surface area (Å²) in [6.45, 7) is 0. The molecule has 0 saturated heterocycles. The Labute approximate surface area is 115 Å². The van der Waals surface area contributed by atoms with Crippen LogP contribution in [0, 0.1) is 0 Å². The molecule has 0 spiro atoms. The van der Waals surface area contributed by atoms with Gasteiger partial charge in [-0.05, 0) is 36.4 Å². The minimum absolute atomic E-state index is 0.402. The third-order valence-corrected chi connectivity index (χ3v) is 2.94. The second kappa shape index (κ2) is 4.70. The van der Waals surface area contributed by atoms with Crippen molar-refractivity contribution in [2.45, 2.75) is 0 Å². The summed E-state index contributed by atoms with van der Waals surface area (Å²) < 4.78 is 10.3. The number of aromatic nitrogens is 1. The number of oxazole rings is 1. The molecule has 0 atom stereocenters. The summed E-state index contributed by atoms with van der Waals surface area (Å²) >= 11 is 0. The summed E-state index contributed by atoms with van der Waals surface area (Å²) in [5, 5.41) is 0. The third kappa shape index (κ3) is 2.09. The van der Waals surface area contributed by atoms with Crippen LogP contribution in [0.3, 0.4) is 0 Å². The molecule has 20 heavy (non-hydrogen) atoms. The van der Waals surface area contributed by atoms with E-state index in [-0.39, 0.29) is 0 Å². The molecule has 0 radical (unpaired) electrons. The number of nitrogen functional groups attached to an aromatic ring is 1. The van der Waals surface area contributed by atoms with Gasteiger partial charge in [-0.15, -0.1) is 0 Å². The van der Waals surface area contributed by atoms with E-state index in [4.69, 9.17) is 10.2 Å². The van der Waals surface area contributed by atoms with Gasteiger partial charge in [0.1, 0.15) is 5.52 Å². The highest BCUT2D eigenvalue weighted by atomic mass is 16.5. The standard InChI is InChI=1S/C15H12N2O3/c1-19-15(18)10-5-6-13-12(8-10)17-14(20-13)9-3-2-4-11(16)7-9/h2-8H,16H2,1H3. The van der Waals surface area contributed by atoms with Gasteiger partial charge in [-0.25, -0.2) is 9.78 Å². The fraction of sp³-hybridized carbons (Fsp3) is 0.0667. The van der Waals surface area contributed by atoms with Crippen LogP contribution in [-0.2, 0) is 4.74 Å². The zero-order chi connectivity index (χ0) is 14.1. The Morgan fingerprint density at radius 3 is 2.85 bits per heavy atom. The van der Waals surface area contributed by atoms with E-state index < -0.39 is 5.97 Å². The minimum atomic E-state index is -0.402. The highest BCUT2D eigenvalue weighted by molar-refractivity contribution is 5.93. The summed E-state index contributed by atoms with van der Waals surface area (Å²) in [7, 11) is 1.34. The van der Waals surface area contributed by atoms with Crippen LogP contribution in [0.5, 0.6) is 0 Å². The van der Waals surface area contributed by atoms with Crippen LogP contribution >= 0.6 is 0 Å². The molecule has 1 aromatic heterocycles. The van der Waals surface area contributed by atoms with Crippen LogP contribution in [0.15, 0.2) is 46.9 Å². The number of carbonyl (C=O) groups excluding carboxylic acids is 1. The number of esters is 1. The van der Waals surface area contributed by atoms with Gasteiger partial charge in [0.25, 0.3) is 0 Å². The molecular formula is C15H12N2O3. The van der Waals surface area contributed by atoms with Crippen molar-refractivity contribution >= 4 is 22.8 Å². The lowest BCUT2D eigenvalue weighted by Crippen LogP contribution is -2.00. The van der Waals surface area contributed by atoms with Crippen molar-refractivity contribution in [3.63, 3.8) is 0 Å². The number of carbonyl (C=O) groups is 1.